The number of hydrogen-bond acceptors (Lipinski definition) is 2. The maximum atomic E-state index is 12.2. The van der Waals surface area contributed by atoms with Crippen molar-refractivity contribution in [2.75, 3.05) is 0 Å². The normalized spacial score (nSPS) is 12.3. The van der Waals surface area contributed by atoms with Gasteiger partial charge in [0.25, 0.3) is 0 Å². The molecule has 2 rings (SSSR count). The lowest BCUT2D eigenvalue weighted by atomic mass is 10.2. The van der Waals surface area contributed by atoms with Gasteiger partial charge in [-0.15, -0.1) is 0 Å². The van der Waals surface area contributed by atoms with Gasteiger partial charge in [0.15, 0.2) is 0 Å². The molecule has 3 nitrogen and oxygen atoms in total. The number of aromatic nitrogens is 3. The first kappa shape index (κ1) is 9.69. The highest BCUT2D eigenvalue weighted by molar-refractivity contribution is 14.1. The summed E-state index contributed by atoms with van der Waals surface area (Å²) in [5, 5.41) is 6.26. The van der Waals surface area contributed by atoms with Crippen LogP contribution in [0, 0.1) is 3.70 Å². The molecule has 0 radical (unpaired) electrons. The molecule has 2 aromatic heterocycles. The number of fused-ring (bicyclic) bond motifs is 1. The second-order valence-corrected chi connectivity index (χ2v) is 3.71. The van der Waals surface area contributed by atoms with Crippen LogP contribution in [0.2, 0.25) is 0 Å². The Morgan fingerprint density at radius 3 is 2.71 bits per heavy atom. The first-order valence-corrected chi connectivity index (χ1v) is 4.63. The summed E-state index contributed by atoms with van der Waals surface area (Å²) in [6.45, 7) is 0. The van der Waals surface area contributed by atoms with Crippen molar-refractivity contribution in [2.45, 2.75) is 6.18 Å². The van der Waals surface area contributed by atoms with Gasteiger partial charge >= 0.3 is 6.18 Å². The number of alkyl halides is 3. The van der Waals surface area contributed by atoms with Gasteiger partial charge in [-0.3, -0.25) is 10.1 Å². The number of rotatable bonds is 0. The van der Waals surface area contributed by atoms with Gasteiger partial charge in [0.2, 0.25) is 0 Å². The van der Waals surface area contributed by atoms with Crippen LogP contribution in [0.1, 0.15) is 5.56 Å². The average Bonchev–Trinajstić information content (AvgIpc) is 2.46. The fraction of sp³-hybridized carbons (Fsp3) is 0.143. The zero-order valence-corrected chi connectivity index (χ0v) is 8.72. The van der Waals surface area contributed by atoms with E-state index in [0.29, 0.717) is 9.22 Å². The van der Waals surface area contributed by atoms with Crippen molar-refractivity contribution in [3.05, 3.63) is 21.5 Å². The number of H-pyrrole nitrogens is 1. The summed E-state index contributed by atoms with van der Waals surface area (Å²) in [5.41, 5.74) is -0.101. The molecular weight excluding hydrogens is 310 g/mol. The van der Waals surface area contributed by atoms with E-state index in [1.165, 1.54) is 0 Å². The third kappa shape index (κ3) is 1.56. The van der Waals surface area contributed by atoms with E-state index in [1.807, 2.05) is 22.6 Å². The highest BCUT2D eigenvalue weighted by atomic mass is 127. The van der Waals surface area contributed by atoms with Crippen molar-refractivity contribution in [2.24, 2.45) is 0 Å². The number of hydrogen-bond donors (Lipinski definition) is 1. The van der Waals surface area contributed by atoms with Gasteiger partial charge in [0.05, 0.1) is 5.56 Å². The van der Waals surface area contributed by atoms with E-state index < -0.39 is 11.7 Å². The summed E-state index contributed by atoms with van der Waals surface area (Å²) in [5.74, 6) is 0. The summed E-state index contributed by atoms with van der Waals surface area (Å²) in [7, 11) is 0. The topological polar surface area (TPSA) is 41.6 Å². The molecule has 0 aliphatic rings. The molecule has 0 aliphatic carbocycles. The summed E-state index contributed by atoms with van der Waals surface area (Å²) in [4.78, 5) is 3.69. The lowest BCUT2D eigenvalue weighted by molar-refractivity contribution is -0.137. The minimum atomic E-state index is -4.37. The highest BCUT2D eigenvalue weighted by Crippen LogP contribution is 2.30. The Balaban J connectivity index is 2.63. The van der Waals surface area contributed by atoms with Gasteiger partial charge in [-0.2, -0.15) is 18.3 Å². The van der Waals surface area contributed by atoms with Crippen LogP contribution in [0.3, 0.4) is 0 Å². The second-order valence-electron chi connectivity index (χ2n) is 2.63. The van der Waals surface area contributed by atoms with Crippen LogP contribution in [0.4, 0.5) is 13.2 Å². The van der Waals surface area contributed by atoms with Crippen LogP contribution < -0.4 is 0 Å². The SMILES string of the molecule is FC(F)(F)c1cnc2c(I)[nH]nc2c1. The maximum Gasteiger partial charge on any atom is 0.417 e. The maximum absolute atomic E-state index is 12.2. The Kier molecular flexibility index (Phi) is 2.13. The van der Waals surface area contributed by atoms with E-state index in [1.54, 1.807) is 0 Å². The van der Waals surface area contributed by atoms with Gasteiger partial charge in [0, 0.05) is 6.20 Å². The van der Waals surface area contributed by atoms with Crippen molar-refractivity contribution in [1.29, 1.82) is 0 Å². The minimum Gasteiger partial charge on any atom is -0.269 e. The van der Waals surface area contributed by atoms with Crippen molar-refractivity contribution in [3.8, 4) is 0 Å². The Hall–Kier alpha value is -0.860. The molecule has 7 heteroatoms. The van der Waals surface area contributed by atoms with E-state index in [-0.39, 0.29) is 5.52 Å². The van der Waals surface area contributed by atoms with Crippen LogP contribution in [-0.2, 0) is 6.18 Å². The molecule has 2 aromatic rings. The Labute approximate surface area is 89.9 Å². The number of nitrogens with one attached hydrogen (secondary N) is 1. The Morgan fingerprint density at radius 1 is 1.36 bits per heavy atom. The third-order valence-corrected chi connectivity index (χ3v) is 2.43. The van der Waals surface area contributed by atoms with E-state index in [2.05, 4.69) is 15.2 Å². The number of nitrogens with zero attached hydrogens (tertiary/aromatic N) is 2. The molecule has 0 spiro atoms. The quantitative estimate of drug-likeness (QED) is 0.760. The molecule has 74 valence electrons. The van der Waals surface area contributed by atoms with E-state index >= 15 is 0 Å². The average molecular weight is 313 g/mol. The molecule has 1 N–H and O–H groups in total. The largest absolute Gasteiger partial charge is 0.417 e. The van der Waals surface area contributed by atoms with Crippen LogP contribution in [0.25, 0.3) is 11.0 Å². The molecule has 0 unspecified atom stereocenters. The Bertz CT molecular complexity index is 476. The summed E-state index contributed by atoms with van der Waals surface area (Å²) >= 11 is 1.92. The molecule has 0 amide bonds. The number of pyridine rings is 1. The van der Waals surface area contributed by atoms with Crippen molar-refractivity contribution < 1.29 is 13.2 Å². The van der Waals surface area contributed by atoms with Crippen molar-refractivity contribution in [1.82, 2.24) is 15.2 Å². The van der Waals surface area contributed by atoms with Crippen LogP contribution >= 0.6 is 22.6 Å². The number of halogens is 4. The molecule has 0 aromatic carbocycles. The van der Waals surface area contributed by atoms with Gasteiger partial charge < -0.3 is 0 Å². The zero-order valence-electron chi connectivity index (χ0n) is 6.56. The predicted molar refractivity (Wildman–Crippen MR) is 51.6 cm³/mol. The molecule has 0 atom stereocenters. The predicted octanol–water partition coefficient (Wildman–Crippen LogP) is 2.58. The standard InChI is InChI=1S/C7H3F3IN3/c8-7(9,10)3-1-4-5(12-2-3)6(11)14-13-4/h1-2H,(H,13,14). The van der Waals surface area contributed by atoms with Gasteiger partial charge in [-0.25, -0.2) is 0 Å². The number of aromatic amines is 1. The fourth-order valence-electron chi connectivity index (χ4n) is 1.02. The molecule has 0 aliphatic heterocycles. The van der Waals surface area contributed by atoms with Gasteiger partial charge in [-0.1, -0.05) is 0 Å². The van der Waals surface area contributed by atoms with E-state index in [4.69, 9.17) is 0 Å². The fourth-order valence-corrected chi connectivity index (χ4v) is 1.56. The third-order valence-electron chi connectivity index (χ3n) is 1.68. The molecule has 2 heterocycles. The lowest BCUT2D eigenvalue weighted by Gasteiger charge is -2.04. The summed E-state index contributed by atoms with van der Waals surface area (Å²) < 4.78 is 37.4. The summed E-state index contributed by atoms with van der Waals surface area (Å²) in [6.07, 6.45) is -3.56. The first-order chi connectivity index (χ1) is 6.48. The molecule has 0 saturated heterocycles. The van der Waals surface area contributed by atoms with Gasteiger partial charge in [0.1, 0.15) is 14.7 Å². The second kappa shape index (κ2) is 3.07. The van der Waals surface area contributed by atoms with Crippen LogP contribution in [-0.4, -0.2) is 15.2 Å². The van der Waals surface area contributed by atoms with Crippen LogP contribution in [0.15, 0.2) is 12.3 Å². The van der Waals surface area contributed by atoms with E-state index in [9.17, 15) is 13.2 Å². The minimum absolute atomic E-state index is 0.226. The molecule has 0 saturated carbocycles. The zero-order chi connectivity index (χ0) is 10.3. The monoisotopic (exact) mass is 313 g/mol. The lowest BCUT2D eigenvalue weighted by Crippen LogP contribution is -2.05. The van der Waals surface area contributed by atoms with E-state index in [0.717, 1.165) is 12.3 Å². The molecular formula is C7H3F3IN3. The highest BCUT2D eigenvalue weighted by Gasteiger charge is 2.31. The smallest absolute Gasteiger partial charge is 0.269 e. The Morgan fingerprint density at radius 2 is 2.07 bits per heavy atom. The van der Waals surface area contributed by atoms with Crippen molar-refractivity contribution in [3.63, 3.8) is 0 Å². The van der Waals surface area contributed by atoms with Crippen LogP contribution in [0.5, 0.6) is 0 Å². The van der Waals surface area contributed by atoms with Crippen molar-refractivity contribution >= 4 is 33.6 Å². The molecule has 14 heavy (non-hydrogen) atoms. The molecule has 0 bridgehead atoms. The first-order valence-electron chi connectivity index (χ1n) is 3.55. The van der Waals surface area contributed by atoms with Gasteiger partial charge in [-0.05, 0) is 28.7 Å². The summed E-state index contributed by atoms with van der Waals surface area (Å²) in [6, 6.07) is 0.973. The molecule has 0 fully saturated rings.